The van der Waals surface area contributed by atoms with Gasteiger partial charge < -0.3 is 5.32 Å². The zero-order chi connectivity index (χ0) is 13.7. The lowest BCUT2D eigenvalue weighted by molar-refractivity contribution is 0.478. The normalized spacial score (nSPS) is 17.8. The number of nitrogens with one attached hydrogen (secondary N) is 1. The van der Waals surface area contributed by atoms with Crippen LogP contribution in [-0.4, -0.2) is 12.4 Å². The fourth-order valence-electron chi connectivity index (χ4n) is 2.70. The van der Waals surface area contributed by atoms with E-state index in [4.69, 9.17) is 11.6 Å². The number of hydrogen-bond acceptors (Lipinski definition) is 1. The number of anilines is 1. The summed E-state index contributed by atoms with van der Waals surface area (Å²) in [4.78, 5) is 0. The number of fused-ring (bicyclic) bond motifs is 1. The van der Waals surface area contributed by atoms with Gasteiger partial charge in [-0.1, -0.05) is 38.1 Å². The van der Waals surface area contributed by atoms with E-state index in [9.17, 15) is 0 Å². The maximum atomic E-state index is 5.68. The van der Waals surface area contributed by atoms with Crippen molar-refractivity contribution >= 4 is 23.4 Å². The van der Waals surface area contributed by atoms with Crippen LogP contribution in [0.2, 0.25) is 0 Å². The predicted molar refractivity (Wildman–Crippen MR) is 86.2 cm³/mol. The molecule has 0 aromatic heterocycles. The molecule has 0 unspecified atom stereocenters. The summed E-state index contributed by atoms with van der Waals surface area (Å²) >= 11 is 5.68. The Morgan fingerprint density at radius 3 is 3.00 bits per heavy atom. The monoisotopic (exact) mass is 277 g/mol. The molecule has 1 aromatic rings. The van der Waals surface area contributed by atoms with Crippen molar-refractivity contribution in [2.45, 2.75) is 44.9 Å². The number of halogens is 1. The van der Waals surface area contributed by atoms with Crippen LogP contribution in [0.5, 0.6) is 0 Å². The van der Waals surface area contributed by atoms with E-state index >= 15 is 0 Å². The van der Waals surface area contributed by atoms with Gasteiger partial charge in [-0.05, 0) is 48.3 Å². The van der Waals surface area contributed by atoms with Crippen molar-refractivity contribution in [1.29, 1.82) is 0 Å². The third-order valence-electron chi connectivity index (χ3n) is 3.88. The Kier molecular flexibility index (Phi) is 4.93. The fourth-order valence-corrected chi connectivity index (χ4v) is 2.86. The highest BCUT2D eigenvalue weighted by Crippen LogP contribution is 2.36. The average molecular weight is 278 g/mol. The summed E-state index contributed by atoms with van der Waals surface area (Å²) in [6.45, 7) is 5.76. The molecule has 1 heterocycles. The molecule has 0 amide bonds. The first-order valence-electron chi connectivity index (χ1n) is 7.24. The standard InChI is InChI=1S/C17H24ClN/c1-17(2)10-6-12-19-16-13-14(8-9-15(16)17)7-4-3-5-11-18/h4,7-9,13,19H,3,5-6,10-12H2,1-2H3. The summed E-state index contributed by atoms with van der Waals surface area (Å²) in [5.41, 5.74) is 4.31. The first kappa shape index (κ1) is 14.5. The SMILES string of the molecule is CC1(C)CCCNc2cc(C=CCCCCl)ccc21. The van der Waals surface area contributed by atoms with Crippen LogP contribution in [0, 0.1) is 0 Å². The molecule has 19 heavy (non-hydrogen) atoms. The highest BCUT2D eigenvalue weighted by Gasteiger charge is 2.25. The van der Waals surface area contributed by atoms with Crippen LogP contribution in [0.4, 0.5) is 5.69 Å². The summed E-state index contributed by atoms with van der Waals surface area (Å²) in [6, 6.07) is 6.79. The summed E-state index contributed by atoms with van der Waals surface area (Å²) in [5.74, 6) is 0.740. The number of rotatable bonds is 4. The van der Waals surface area contributed by atoms with Gasteiger partial charge in [0.15, 0.2) is 0 Å². The van der Waals surface area contributed by atoms with Gasteiger partial charge in [-0.3, -0.25) is 0 Å². The molecule has 1 N–H and O–H groups in total. The van der Waals surface area contributed by atoms with E-state index in [1.807, 2.05) is 0 Å². The molecule has 0 saturated carbocycles. The van der Waals surface area contributed by atoms with E-state index in [1.165, 1.54) is 29.7 Å². The number of alkyl halides is 1. The molecule has 104 valence electrons. The van der Waals surface area contributed by atoms with Gasteiger partial charge in [-0.15, -0.1) is 11.6 Å². The molecule has 1 aromatic carbocycles. The molecule has 0 fully saturated rings. The average Bonchev–Trinajstić information content (AvgIpc) is 2.53. The zero-order valence-corrected chi connectivity index (χ0v) is 12.8. The second kappa shape index (κ2) is 6.47. The van der Waals surface area contributed by atoms with Crippen LogP contribution in [-0.2, 0) is 5.41 Å². The Labute approximate surface area is 122 Å². The first-order chi connectivity index (χ1) is 9.13. The van der Waals surface area contributed by atoms with Crippen LogP contribution in [0.25, 0.3) is 6.08 Å². The molecule has 2 rings (SSSR count). The quantitative estimate of drug-likeness (QED) is 0.589. The molecular formula is C17H24ClN. The minimum absolute atomic E-state index is 0.277. The minimum Gasteiger partial charge on any atom is -0.385 e. The van der Waals surface area contributed by atoms with Crippen molar-refractivity contribution in [3.05, 3.63) is 35.4 Å². The maximum absolute atomic E-state index is 5.68. The molecule has 0 saturated heterocycles. The molecule has 0 aliphatic carbocycles. The van der Waals surface area contributed by atoms with E-state index < -0.39 is 0 Å². The van der Waals surface area contributed by atoms with Crippen LogP contribution < -0.4 is 5.32 Å². The van der Waals surface area contributed by atoms with Crippen molar-refractivity contribution in [3.63, 3.8) is 0 Å². The van der Waals surface area contributed by atoms with Gasteiger partial charge in [-0.25, -0.2) is 0 Å². The van der Waals surface area contributed by atoms with E-state index in [1.54, 1.807) is 0 Å². The predicted octanol–water partition coefficient (Wildman–Crippen LogP) is 5.20. The third-order valence-corrected chi connectivity index (χ3v) is 4.15. The van der Waals surface area contributed by atoms with Crippen LogP contribution >= 0.6 is 11.6 Å². The van der Waals surface area contributed by atoms with Crippen LogP contribution in [0.1, 0.15) is 50.7 Å². The van der Waals surface area contributed by atoms with Gasteiger partial charge in [0, 0.05) is 18.1 Å². The molecule has 1 aliphatic rings. The lowest BCUT2D eigenvalue weighted by Crippen LogP contribution is -2.16. The van der Waals surface area contributed by atoms with Crippen molar-refractivity contribution in [2.24, 2.45) is 0 Å². The molecule has 0 atom stereocenters. The molecule has 0 spiro atoms. The second-order valence-corrected chi connectivity index (χ2v) is 6.33. The van der Waals surface area contributed by atoms with Gasteiger partial charge >= 0.3 is 0 Å². The highest BCUT2D eigenvalue weighted by atomic mass is 35.5. The van der Waals surface area contributed by atoms with E-state index in [-0.39, 0.29) is 5.41 Å². The Morgan fingerprint density at radius 1 is 1.37 bits per heavy atom. The third kappa shape index (κ3) is 3.76. The fraction of sp³-hybridized carbons (Fsp3) is 0.529. The second-order valence-electron chi connectivity index (χ2n) is 5.95. The number of allylic oxidation sites excluding steroid dienone is 1. The van der Waals surface area contributed by atoms with Gasteiger partial charge in [0.05, 0.1) is 0 Å². The molecule has 0 radical (unpaired) electrons. The van der Waals surface area contributed by atoms with E-state index in [0.29, 0.717) is 0 Å². The molecule has 1 aliphatic heterocycles. The largest absolute Gasteiger partial charge is 0.385 e. The topological polar surface area (TPSA) is 12.0 Å². The molecular weight excluding hydrogens is 254 g/mol. The van der Waals surface area contributed by atoms with E-state index in [0.717, 1.165) is 25.3 Å². The van der Waals surface area contributed by atoms with Gasteiger partial charge in [-0.2, -0.15) is 0 Å². The Bertz CT molecular complexity index is 449. The van der Waals surface area contributed by atoms with Gasteiger partial charge in [0.25, 0.3) is 0 Å². The van der Waals surface area contributed by atoms with Gasteiger partial charge in [0.1, 0.15) is 0 Å². The maximum Gasteiger partial charge on any atom is 0.0384 e. The van der Waals surface area contributed by atoms with E-state index in [2.05, 4.69) is 49.5 Å². The van der Waals surface area contributed by atoms with Crippen LogP contribution in [0.3, 0.4) is 0 Å². The van der Waals surface area contributed by atoms with Crippen LogP contribution in [0.15, 0.2) is 24.3 Å². The van der Waals surface area contributed by atoms with Crippen molar-refractivity contribution in [3.8, 4) is 0 Å². The van der Waals surface area contributed by atoms with Crippen molar-refractivity contribution in [1.82, 2.24) is 0 Å². The smallest absolute Gasteiger partial charge is 0.0384 e. The zero-order valence-electron chi connectivity index (χ0n) is 12.0. The first-order valence-corrected chi connectivity index (χ1v) is 7.78. The molecule has 0 bridgehead atoms. The van der Waals surface area contributed by atoms with Crippen molar-refractivity contribution < 1.29 is 0 Å². The number of hydrogen-bond donors (Lipinski definition) is 1. The summed E-state index contributed by atoms with van der Waals surface area (Å²) in [5, 5.41) is 3.57. The van der Waals surface area contributed by atoms with Crippen molar-refractivity contribution in [2.75, 3.05) is 17.7 Å². The summed E-state index contributed by atoms with van der Waals surface area (Å²) in [7, 11) is 0. The number of benzene rings is 1. The molecule has 1 nitrogen and oxygen atoms in total. The Hall–Kier alpha value is -0.950. The Morgan fingerprint density at radius 2 is 2.21 bits per heavy atom. The summed E-state index contributed by atoms with van der Waals surface area (Å²) < 4.78 is 0. The Balaban J connectivity index is 2.18. The van der Waals surface area contributed by atoms with Gasteiger partial charge in [0.2, 0.25) is 0 Å². The number of unbranched alkanes of at least 4 members (excludes halogenated alkanes) is 1. The molecule has 2 heteroatoms. The summed E-state index contributed by atoms with van der Waals surface area (Å²) in [6.07, 6.45) is 9.01. The minimum atomic E-state index is 0.277. The lowest BCUT2D eigenvalue weighted by Gasteiger charge is -2.25. The lowest BCUT2D eigenvalue weighted by atomic mass is 9.80. The highest BCUT2D eigenvalue weighted by molar-refractivity contribution is 6.17.